The Balaban J connectivity index is 1.78. The van der Waals surface area contributed by atoms with Gasteiger partial charge in [-0.05, 0) is 51.8 Å². The molecular weight excluding hydrogens is 304 g/mol. The normalized spacial score (nSPS) is 22.1. The van der Waals surface area contributed by atoms with E-state index in [-0.39, 0.29) is 11.9 Å². The number of carbonyl (C=O) groups is 1. The largest absolute Gasteiger partial charge is 0.496 e. The summed E-state index contributed by atoms with van der Waals surface area (Å²) >= 11 is 0. The second-order valence-corrected chi connectivity index (χ2v) is 6.78. The summed E-state index contributed by atoms with van der Waals surface area (Å²) in [6, 6.07) is 7.78. The van der Waals surface area contributed by atoms with Crippen molar-refractivity contribution in [3.63, 3.8) is 0 Å². The summed E-state index contributed by atoms with van der Waals surface area (Å²) in [5.41, 5.74) is 0.599. The number of hydrogen-bond acceptors (Lipinski definition) is 4. The minimum atomic E-state index is -0.412. The van der Waals surface area contributed by atoms with E-state index in [1.165, 1.54) is 12.8 Å². The first-order chi connectivity index (χ1) is 11.7. The molecule has 1 aromatic rings. The van der Waals surface area contributed by atoms with E-state index in [0.29, 0.717) is 13.2 Å². The van der Waals surface area contributed by atoms with Crippen LogP contribution in [0, 0.1) is 0 Å². The van der Waals surface area contributed by atoms with Gasteiger partial charge in [0.15, 0.2) is 0 Å². The van der Waals surface area contributed by atoms with Gasteiger partial charge in [-0.15, -0.1) is 0 Å². The quantitative estimate of drug-likeness (QED) is 0.900. The zero-order valence-corrected chi connectivity index (χ0v) is 14.7. The van der Waals surface area contributed by atoms with E-state index in [1.807, 2.05) is 31.2 Å². The molecule has 5 nitrogen and oxygen atoms in total. The Labute approximate surface area is 144 Å². The van der Waals surface area contributed by atoms with Crippen molar-refractivity contribution >= 4 is 5.91 Å². The van der Waals surface area contributed by atoms with Gasteiger partial charge < -0.3 is 14.8 Å². The maximum absolute atomic E-state index is 13.2. The Morgan fingerprint density at radius 3 is 2.58 bits per heavy atom. The number of nitrogens with one attached hydrogen (secondary N) is 1. The first-order valence-corrected chi connectivity index (χ1v) is 8.94. The van der Waals surface area contributed by atoms with Crippen LogP contribution >= 0.6 is 0 Å². The molecule has 2 aliphatic heterocycles. The molecule has 1 aromatic carbocycles. The molecule has 2 fully saturated rings. The summed E-state index contributed by atoms with van der Waals surface area (Å²) in [6.45, 7) is 5.36. The minimum absolute atomic E-state index is 0.0871. The lowest BCUT2D eigenvalue weighted by Gasteiger charge is -2.43. The standard InChI is InChI=1S/C19H28N2O3/c1-15(16-7-3-4-8-17(16)23-2)20-18(22)19(9-13-24-14-10-19)21-11-5-6-12-21/h3-4,7-8,15H,5-6,9-14H2,1-2H3,(H,20,22). The zero-order chi connectivity index (χ0) is 17.0. The molecule has 2 saturated heterocycles. The highest BCUT2D eigenvalue weighted by molar-refractivity contribution is 5.87. The molecule has 0 bridgehead atoms. The molecule has 5 heteroatoms. The third-order valence-electron chi connectivity index (χ3n) is 5.41. The van der Waals surface area contributed by atoms with Crippen LogP contribution in [0.5, 0.6) is 5.75 Å². The second-order valence-electron chi connectivity index (χ2n) is 6.78. The monoisotopic (exact) mass is 332 g/mol. The first kappa shape index (κ1) is 17.2. The summed E-state index contributed by atoms with van der Waals surface area (Å²) in [5.74, 6) is 0.943. The van der Waals surface area contributed by atoms with Crippen LogP contribution in [0.4, 0.5) is 0 Å². The maximum Gasteiger partial charge on any atom is 0.241 e. The molecule has 132 valence electrons. The second kappa shape index (κ2) is 7.53. The van der Waals surface area contributed by atoms with Crippen molar-refractivity contribution in [2.45, 2.75) is 44.2 Å². The smallest absolute Gasteiger partial charge is 0.241 e. The van der Waals surface area contributed by atoms with Gasteiger partial charge in [-0.25, -0.2) is 0 Å². The number of likely N-dealkylation sites (tertiary alicyclic amines) is 1. The van der Waals surface area contributed by atoms with Gasteiger partial charge in [0.25, 0.3) is 0 Å². The molecule has 24 heavy (non-hydrogen) atoms. The number of ether oxygens (including phenoxy) is 2. The Bertz CT molecular complexity index is 563. The number of carbonyl (C=O) groups excluding carboxylic acids is 1. The van der Waals surface area contributed by atoms with Gasteiger partial charge in [-0.2, -0.15) is 0 Å². The Morgan fingerprint density at radius 1 is 1.25 bits per heavy atom. The molecule has 0 aliphatic carbocycles. The lowest BCUT2D eigenvalue weighted by atomic mass is 9.86. The van der Waals surface area contributed by atoms with Crippen LogP contribution in [-0.2, 0) is 9.53 Å². The molecule has 1 atom stereocenters. The summed E-state index contributed by atoms with van der Waals surface area (Å²) in [6.07, 6.45) is 3.91. The molecule has 0 aromatic heterocycles. The average Bonchev–Trinajstić information content (AvgIpc) is 3.17. The fourth-order valence-electron chi connectivity index (χ4n) is 3.97. The molecule has 3 rings (SSSR count). The van der Waals surface area contributed by atoms with Crippen LogP contribution in [0.15, 0.2) is 24.3 Å². The summed E-state index contributed by atoms with van der Waals surface area (Å²) < 4.78 is 11.0. The molecule has 0 spiro atoms. The van der Waals surface area contributed by atoms with Gasteiger partial charge in [0.2, 0.25) is 5.91 Å². The fraction of sp³-hybridized carbons (Fsp3) is 0.632. The van der Waals surface area contributed by atoms with Crippen LogP contribution in [0.25, 0.3) is 0 Å². The van der Waals surface area contributed by atoms with E-state index in [0.717, 1.165) is 37.2 Å². The van der Waals surface area contributed by atoms with Crippen LogP contribution in [-0.4, -0.2) is 49.8 Å². The van der Waals surface area contributed by atoms with E-state index < -0.39 is 5.54 Å². The van der Waals surface area contributed by atoms with E-state index in [1.54, 1.807) is 7.11 Å². The van der Waals surface area contributed by atoms with Crippen molar-refractivity contribution in [1.29, 1.82) is 0 Å². The average molecular weight is 332 g/mol. The fourth-order valence-corrected chi connectivity index (χ4v) is 3.97. The van der Waals surface area contributed by atoms with Crippen LogP contribution in [0.3, 0.4) is 0 Å². The number of rotatable bonds is 5. The van der Waals surface area contributed by atoms with Gasteiger partial charge in [0.1, 0.15) is 11.3 Å². The third kappa shape index (κ3) is 3.28. The zero-order valence-electron chi connectivity index (χ0n) is 14.7. The highest BCUT2D eigenvalue weighted by Crippen LogP contribution is 2.33. The highest BCUT2D eigenvalue weighted by Gasteiger charge is 2.46. The topological polar surface area (TPSA) is 50.8 Å². The van der Waals surface area contributed by atoms with Crippen LogP contribution in [0.2, 0.25) is 0 Å². The Hall–Kier alpha value is -1.59. The van der Waals surface area contributed by atoms with E-state index in [9.17, 15) is 4.79 Å². The number of amides is 1. The van der Waals surface area contributed by atoms with E-state index in [2.05, 4.69) is 10.2 Å². The van der Waals surface area contributed by atoms with E-state index in [4.69, 9.17) is 9.47 Å². The Morgan fingerprint density at radius 2 is 1.92 bits per heavy atom. The van der Waals surface area contributed by atoms with Crippen LogP contribution < -0.4 is 10.1 Å². The number of para-hydroxylation sites is 1. The Kier molecular flexibility index (Phi) is 5.41. The van der Waals surface area contributed by atoms with Crippen LogP contribution in [0.1, 0.15) is 44.2 Å². The van der Waals surface area contributed by atoms with Gasteiger partial charge in [0, 0.05) is 18.8 Å². The van der Waals surface area contributed by atoms with Crippen molar-refractivity contribution < 1.29 is 14.3 Å². The van der Waals surface area contributed by atoms with Gasteiger partial charge in [0.05, 0.1) is 13.2 Å². The van der Waals surface area contributed by atoms with Crippen molar-refractivity contribution in [1.82, 2.24) is 10.2 Å². The molecule has 0 radical (unpaired) electrons. The molecule has 0 saturated carbocycles. The molecule has 1 amide bonds. The SMILES string of the molecule is COc1ccccc1C(C)NC(=O)C1(N2CCCC2)CCOCC1. The summed E-state index contributed by atoms with van der Waals surface area (Å²) in [4.78, 5) is 15.6. The predicted octanol–water partition coefficient (Wildman–Crippen LogP) is 2.52. The maximum atomic E-state index is 13.2. The van der Waals surface area contributed by atoms with Crippen molar-refractivity contribution in [3.8, 4) is 5.75 Å². The number of hydrogen-bond donors (Lipinski definition) is 1. The van der Waals surface area contributed by atoms with Gasteiger partial charge >= 0.3 is 0 Å². The molecular formula is C19H28N2O3. The number of benzene rings is 1. The lowest BCUT2D eigenvalue weighted by Crippen LogP contribution is -2.60. The molecule has 2 heterocycles. The molecule has 1 unspecified atom stereocenters. The van der Waals surface area contributed by atoms with Gasteiger partial charge in [-0.1, -0.05) is 18.2 Å². The summed E-state index contributed by atoms with van der Waals surface area (Å²) in [5, 5.41) is 3.24. The molecule has 2 aliphatic rings. The minimum Gasteiger partial charge on any atom is -0.496 e. The van der Waals surface area contributed by atoms with Crippen molar-refractivity contribution in [2.24, 2.45) is 0 Å². The predicted molar refractivity (Wildman–Crippen MR) is 93.1 cm³/mol. The number of methoxy groups -OCH3 is 1. The van der Waals surface area contributed by atoms with Crippen molar-refractivity contribution in [3.05, 3.63) is 29.8 Å². The third-order valence-corrected chi connectivity index (χ3v) is 5.41. The van der Waals surface area contributed by atoms with Crippen molar-refractivity contribution in [2.75, 3.05) is 33.4 Å². The lowest BCUT2D eigenvalue weighted by molar-refractivity contribution is -0.140. The summed E-state index contributed by atoms with van der Waals surface area (Å²) in [7, 11) is 1.66. The molecule has 1 N–H and O–H groups in total. The first-order valence-electron chi connectivity index (χ1n) is 8.94. The van der Waals surface area contributed by atoms with Gasteiger partial charge in [-0.3, -0.25) is 9.69 Å². The highest BCUT2D eigenvalue weighted by atomic mass is 16.5. The number of nitrogens with zero attached hydrogens (tertiary/aromatic N) is 1. The van der Waals surface area contributed by atoms with E-state index >= 15 is 0 Å².